The van der Waals surface area contributed by atoms with Crippen molar-refractivity contribution in [2.24, 2.45) is 0 Å². The Morgan fingerprint density at radius 2 is 0.828 bits per heavy atom. The van der Waals surface area contributed by atoms with E-state index in [1.54, 1.807) is 0 Å². The molecule has 2 aliphatic rings. The van der Waals surface area contributed by atoms with Gasteiger partial charge in [-0.1, -0.05) is 185 Å². The monoisotopic (exact) mass is 742 g/mol. The van der Waals surface area contributed by atoms with Crippen LogP contribution in [0.1, 0.15) is 49.9 Å². The summed E-state index contributed by atoms with van der Waals surface area (Å²) in [4.78, 5) is 10.6. The van der Waals surface area contributed by atoms with Crippen LogP contribution in [0, 0.1) is 0 Å². The van der Waals surface area contributed by atoms with Crippen LogP contribution in [-0.2, 0) is 10.8 Å². The summed E-state index contributed by atoms with van der Waals surface area (Å²) in [6, 6.07) is 66.3. The molecular formula is C56H42N2. The molecule has 0 atom stereocenters. The zero-order valence-electron chi connectivity index (χ0n) is 33.2. The van der Waals surface area contributed by atoms with Crippen LogP contribution in [0.15, 0.2) is 182 Å². The first-order chi connectivity index (χ1) is 28.3. The molecule has 2 aliphatic carbocycles. The summed E-state index contributed by atoms with van der Waals surface area (Å²) in [5.74, 6) is 0.709. The summed E-state index contributed by atoms with van der Waals surface area (Å²) < 4.78 is 0. The summed E-state index contributed by atoms with van der Waals surface area (Å²) in [6.45, 7) is 9.41. The lowest BCUT2D eigenvalue weighted by atomic mass is 9.81. The van der Waals surface area contributed by atoms with Crippen LogP contribution in [0.4, 0.5) is 0 Å². The van der Waals surface area contributed by atoms with Crippen LogP contribution in [0.3, 0.4) is 0 Å². The smallest absolute Gasteiger partial charge is 0.160 e. The first kappa shape index (κ1) is 34.4. The van der Waals surface area contributed by atoms with Gasteiger partial charge in [0.2, 0.25) is 0 Å². The van der Waals surface area contributed by atoms with Gasteiger partial charge in [0.05, 0.1) is 11.4 Å². The average molecular weight is 743 g/mol. The number of hydrogen-bond acceptors (Lipinski definition) is 2. The van der Waals surface area contributed by atoms with Gasteiger partial charge in [-0.25, -0.2) is 9.97 Å². The first-order valence-electron chi connectivity index (χ1n) is 20.3. The zero-order valence-corrected chi connectivity index (χ0v) is 33.2. The lowest BCUT2D eigenvalue weighted by Gasteiger charge is -2.22. The molecule has 8 aromatic carbocycles. The predicted octanol–water partition coefficient (Wildman–Crippen LogP) is 14.6. The molecule has 0 fully saturated rings. The minimum Gasteiger partial charge on any atom is -0.228 e. The van der Waals surface area contributed by atoms with Crippen LogP contribution < -0.4 is 0 Å². The van der Waals surface area contributed by atoms with Crippen molar-refractivity contribution in [3.8, 4) is 78.4 Å². The zero-order chi connectivity index (χ0) is 39.2. The minimum atomic E-state index is -0.135. The van der Waals surface area contributed by atoms with Gasteiger partial charge >= 0.3 is 0 Å². The molecule has 0 saturated carbocycles. The maximum atomic E-state index is 5.35. The van der Waals surface area contributed by atoms with Crippen molar-refractivity contribution in [1.82, 2.24) is 9.97 Å². The molecule has 1 aromatic heterocycles. The van der Waals surface area contributed by atoms with E-state index >= 15 is 0 Å². The highest BCUT2D eigenvalue weighted by molar-refractivity contribution is 6.01. The molecular weight excluding hydrogens is 701 g/mol. The Bertz CT molecular complexity index is 3110. The summed E-state index contributed by atoms with van der Waals surface area (Å²) in [5, 5.41) is 2.54. The van der Waals surface area contributed by atoms with Crippen LogP contribution in [0.5, 0.6) is 0 Å². The van der Waals surface area contributed by atoms with Gasteiger partial charge in [-0.15, -0.1) is 0 Å². The molecule has 0 N–H and O–H groups in total. The van der Waals surface area contributed by atoms with E-state index in [1.807, 2.05) is 6.07 Å². The molecule has 276 valence electrons. The molecule has 11 rings (SSSR count). The quantitative estimate of drug-likeness (QED) is 0.175. The largest absolute Gasteiger partial charge is 0.228 e. The number of fused-ring (bicyclic) bond motifs is 7. The fourth-order valence-electron chi connectivity index (χ4n) is 9.93. The van der Waals surface area contributed by atoms with E-state index in [4.69, 9.17) is 9.97 Å². The second-order valence-corrected chi connectivity index (χ2v) is 17.0. The number of nitrogens with zero attached hydrogens (tertiary/aromatic N) is 2. The van der Waals surface area contributed by atoms with E-state index in [0.717, 1.165) is 33.6 Å². The van der Waals surface area contributed by atoms with E-state index in [9.17, 15) is 0 Å². The Kier molecular flexibility index (Phi) is 7.59. The lowest BCUT2D eigenvalue weighted by Crippen LogP contribution is -2.14. The van der Waals surface area contributed by atoms with E-state index in [0.29, 0.717) is 5.82 Å². The van der Waals surface area contributed by atoms with Gasteiger partial charge in [0, 0.05) is 27.5 Å². The van der Waals surface area contributed by atoms with Crippen molar-refractivity contribution in [2.45, 2.75) is 38.5 Å². The molecule has 1 heterocycles. The van der Waals surface area contributed by atoms with Crippen LogP contribution in [0.25, 0.3) is 89.2 Å². The van der Waals surface area contributed by atoms with Gasteiger partial charge in [0.25, 0.3) is 0 Å². The van der Waals surface area contributed by atoms with Crippen LogP contribution in [0.2, 0.25) is 0 Å². The molecule has 2 nitrogen and oxygen atoms in total. The van der Waals surface area contributed by atoms with Gasteiger partial charge in [0.1, 0.15) is 0 Å². The second-order valence-electron chi connectivity index (χ2n) is 17.0. The molecule has 9 aromatic rings. The van der Waals surface area contributed by atoms with Crippen molar-refractivity contribution in [3.05, 3.63) is 204 Å². The normalized spacial score (nSPS) is 14.1. The lowest BCUT2D eigenvalue weighted by molar-refractivity contribution is 0.660. The molecule has 0 bridgehead atoms. The summed E-state index contributed by atoms with van der Waals surface area (Å²) in [6.07, 6.45) is 0. The maximum absolute atomic E-state index is 5.35. The fraction of sp³-hybridized carbons (Fsp3) is 0.107. The maximum Gasteiger partial charge on any atom is 0.160 e. The Hall–Kier alpha value is -6.90. The number of rotatable bonds is 5. The van der Waals surface area contributed by atoms with Crippen LogP contribution in [-0.4, -0.2) is 9.97 Å². The molecule has 0 unspecified atom stereocenters. The molecule has 0 amide bonds. The number of aromatic nitrogens is 2. The van der Waals surface area contributed by atoms with E-state index < -0.39 is 0 Å². The molecule has 0 radical (unpaired) electrons. The Morgan fingerprint density at radius 1 is 0.310 bits per heavy atom. The number of hydrogen-bond donors (Lipinski definition) is 0. The summed E-state index contributed by atoms with van der Waals surface area (Å²) in [5.41, 5.74) is 20.3. The van der Waals surface area contributed by atoms with Gasteiger partial charge in [-0.3, -0.25) is 0 Å². The van der Waals surface area contributed by atoms with Crippen molar-refractivity contribution >= 4 is 10.8 Å². The highest BCUT2D eigenvalue weighted by Crippen LogP contribution is 2.55. The van der Waals surface area contributed by atoms with Crippen molar-refractivity contribution < 1.29 is 0 Å². The Balaban J connectivity index is 1.09. The third kappa shape index (κ3) is 5.18. The predicted molar refractivity (Wildman–Crippen MR) is 242 cm³/mol. The standard InChI is InChI=1S/C56H42N2/c1-55(2)46-28-13-12-25-44(46)52-40(26-15-29-47(52)55)38-21-14-22-39(31-38)50-34-51(58-54(57-50)35-17-6-5-7-18-35)42-24-11-10-23-41(42)43-27-16-30-48-53(43)45-32-36-19-8-9-20-37(36)33-49(45)56(48,3)4/h5-34H,1-4H3. The fourth-order valence-corrected chi connectivity index (χ4v) is 9.93. The van der Waals surface area contributed by atoms with Gasteiger partial charge in [-0.2, -0.15) is 0 Å². The molecule has 58 heavy (non-hydrogen) atoms. The molecule has 0 aliphatic heterocycles. The number of benzene rings is 8. The van der Waals surface area contributed by atoms with E-state index in [2.05, 4.69) is 204 Å². The van der Waals surface area contributed by atoms with Gasteiger partial charge < -0.3 is 0 Å². The highest BCUT2D eigenvalue weighted by Gasteiger charge is 2.38. The highest BCUT2D eigenvalue weighted by atomic mass is 14.9. The van der Waals surface area contributed by atoms with E-state index in [-0.39, 0.29) is 10.8 Å². The topological polar surface area (TPSA) is 25.8 Å². The van der Waals surface area contributed by atoms with Gasteiger partial charge in [0.15, 0.2) is 5.82 Å². The molecule has 2 heteroatoms. The van der Waals surface area contributed by atoms with E-state index in [1.165, 1.54) is 72.0 Å². The summed E-state index contributed by atoms with van der Waals surface area (Å²) >= 11 is 0. The molecule has 0 spiro atoms. The third-order valence-corrected chi connectivity index (χ3v) is 12.9. The second kappa shape index (κ2) is 12.8. The Labute approximate surface area is 340 Å². The average Bonchev–Trinajstić information content (AvgIpc) is 3.65. The van der Waals surface area contributed by atoms with Gasteiger partial charge in [-0.05, 0) is 102 Å². The van der Waals surface area contributed by atoms with Crippen LogP contribution >= 0.6 is 0 Å². The van der Waals surface area contributed by atoms with Crippen molar-refractivity contribution in [3.63, 3.8) is 0 Å². The Morgan fingerprint density at radius 3 is 1.60 bits per heavy atom. The molecule has 0 saturated heterocycles. The first-order valence-corrected chi connectivity index (χ1v) is 20.3. The SMILES string of the molecule is CC1(C)c2ccccc2-c2c(-c3cccc(-c4cc(-c5ccccc5-c5cccc6c5-c5cc7ccccc7cc5C6(C)C)nc(-c5ccccc5)n4)c3)cccc21. The van der Waals surface area contributed by atoms with Crippen molar-refractivity contribution in [2.75, 3.05) is 0 Å². The summed E-state index contributed by atoms with van der Waals surface area (Å²) in [7, 11) is 0. The van der Waals surface area contributed by atoms with Crippen molar-refractivity contribution in [1.29, 1.82) is 0 Å². The minimum absolute atomic E-state index is 0.0659. The third-order valence-electron chi connectivity index (χ3n) is 12.9.